The van der Waals surface area contributed by atoms with E-state index in [1.807, 2.05) is 0 Å². The number of aliphatic hydroxyl groups excluding tert-OH is 1. The average molecular weight is 344 g/mol. The van der Waals surface area contributed by atoms with E-state index in [4.69, 9.17) is 9.47 Å². The van der Waals surface area contributed by atoms with E-state index < -0.39 is 48.2 Å². The summed E-state index contributed by atoms with van der Waals surface area (Å²) in [5.41, 5.74) is -0.788. The molecule has 1 aliphatic rings. The summed E-state index contributed by atoms with van der Waals surface area (Å²) < 4.78 is 9.87. The molecule has 1 rings (SSSR count). The summed E-state index contributed by atoms with van der Waals surface area (Å²) in [7, 11) is 0. The molecule has 9 nitrogen and oxygen atoms in total. The predicted octanol–water partition coefficient (Wildman–Crippen LogP) is -0.0473. The Balaban J connectivity index is 2.84. The van der Waals surface area contributed by atoms with Crippen molar-refractivity contribution >= 4 is 23.9 Å². The number of hydrogen-bond acceptors (Lipinski definition) is 7. The first-order valence-corrected chi connectivity index (χ1v) is 7.73. The number of nitrogens with zero attached hydrogens (tertiary/aromatic N) is 1. The topological polar surface area (TPSA) is 122 Å². The Bertz CT molecular complexity index is 512. The Hall–Kier alpha value is -2.16. The molecule has 0 aromatic carbocycles. The predicted molar refractivity (Wildman–Crippen MR) is 81.8 cm³/mol. The number of esters is 1. The molecule has 2 atom stereocenters. The summed E-state index contributed by atoms with van der Waals surface area (Å²) in [6.07, 6.45) is -0.748. The highest BCUT2D eigenvalue weighted by molar-refractivity contribution is 6.04. The van der Waals surface area contributed by atoms with Crippen molar-refractivity contribution < 1.29 is 33.8 Å². The van der Waals surface area contributed by atoms with Gasteiger partial charge < -0.3 is 19.9 Å². The number of imide groups is 1. The van der Waals surface area contributed by atoms with Gasteiger partial charge in [0.25, 0.3) is 5.91 Å². The maximum atomic E-state index is 12.5. The molecule has 136 valence electrons. The smallest absolute Gasteiger partial charge is 0.408 e. The standard InChI is InChI=1S/C15H24N2O7/c1-5-23-13(21)10-6-7-11(19)17(10)12(20)9(8-18)16-14(22)24-15(2,3)4/h9-10,18H,5-8H2,1-4H3,(H,16,22)/t9-,10-/m0/s1. The second-order valence-corrected chi connectivity index (χ2v) is 6.29. The molecule has 0 saturated carbocycles. The Kier molecular flexibility index (Phi) is 6.70. The number of alkyl carbamates (subject to hydrolysis) is 1. The van der Waals surface area contributed by atoms with Gasteiger partial charge in [0.15, 0.2) is 0 Å². The van der Waals surface area contributed by atoms with Gasteiger partial charge in [-0.2, -0.15) is 0 Å². The van der Waals surface area contributed by atoms with E-state index in [2.05, 4.69) is 5.32 Å². The van der Waals surface area contributed by atoms with Crippen molar-refractivity contribution in [3.05, 3.63) is 0 Å². The van der Waals surface area contributed by atoms with Crippen molar-refractivity contribution in [3.8, 4) is 0 Å². The Morgan fingerprint density at radius 1 is 1.38 bits per heavy atom. The number of rotatable bonds is 5. The Labute approximate surface area is 140 Å². The third-order valence-electron chi connectivity index (χ3n) is 3.18. The molecule has 3 amide bonds. The van der Waals surface area contributed by atoms with E-state index in [1.165, 1.54) is 0 Å². The zero-order chi connectivity index (χ0) is 18.5. The lowest BCUT2D eigenvalue weighted by Gasteiger charge is -2.27. The normalized spacial score (nSPS) is 19.0. The minimum absolute atomic E-state index is 0.0137. The summed E-state index contributed by atoms with van der Waals surface area (Å²) in [4.78, 5) is 48.8. The molecule has 1 aliphatic heterocycles. The number of ether oxygens (including phenoxy) is 2. The van der Waals surface area contributed by atoms with Gasteiger partial charge in [-0.05, 0) is 34.1 Å². The molecule has 0 spiro atoms. The minimum Gasteiger partial charge on any atom is -0.464 e. The summed E-state index contributed by atoms with van der Waals surface area (Å²) in [5, 5.41) is 11.6. The van der Waals surface area contributed by atoms with Gasteiger partial charge in [0.2, 0.25) is 5.91 Å². The maximum absolute atomic E-state index is 12.5. The van der Waals surface area contributed by atoms with Crippen molar-refractivity contribution in [2.75, 3.05) is 13.2 Å². The first-order valence-electron chi connectivity index (χ1n) is 7.73. The molecular formula is C15H24N2O7. The summed E-state index contributed by atoms with van der Waals surface area (Å²) in [6, 6.07) is -2.43. The molecular weight excluding hydrogens is 320 g/mol. The van der Waals surface area contributed by atoms with E-state index in [0.717, 1.165) is 4.90 Å². The summed E-state index contributed by atoms with van der Waals surface area (Å²) in [5.74, 6) is -2.11. The third-order valence-corrected chi connectivity index (χ3v) is 3.18. The Morgan fingerprint density at radius 3 is 2.50 bits per heavy atom. The molecule has 2 N–H and O–H groups in total. The minimum atomic E-state index is -1.39. The Morgan fingerprint density at radius 2 is 2.00 bits per heavy atom. The molecule has 0 radical (unpaired) electrons. The van der Waals surface area contributed by atoms with Crippen LogP contribution < -0.4 is 5.32 Å². The van der Waals surface area contributed by atoms with Gasteiger partial charge in [-0.25, -0.2) is 9.59 Å². The number of amides is 3. The number of carbonyl (C=O) groups excluding carboxylic acids is 4. The van der Waals surface area contributed by atoms with E-state index >= 15 is 0 Å². The second kappa shape index (κ2) is 8.09. The average Bonchev–Trinajstić information content (AvgIpc) is 2.84. The molecule has 0 unspecified atom stereocenters. The lowest BCUT2D eigenvalue weighted by molar-refractivity contribution is -0.158. The van der Waals surface area contributed by atoms with E-state index in [0.29, 0.717) is 0 Å². The molecule has 0 aromatic heterocycles. The van der Waals surface area contributed by atoms with E-state index in [1.54, 1.807) is 27.7 Å². The molecule has 1 heterocycles. The fourth-order valence-corrected chi connectivity index (χ4v) is 2.22. The molecule has 1 fully saturated rings. The van der Waals surface area contributed by atoms with Crippen LogP contribution in [-0.4, -0.2) is 64.8 Å². The van der Waals surface area contributed by atoms with Gasteiger partial charge in [-0.3, -0.25) is 14.5 Å². The quantitative estimate of drug-likeness (QED) is 0.671. The van der Waals surface area contributed by atoms with Crippen LogP contribution in [0.25, 0.3) is 0 Å². The zero-order valence-corrected chi connectivity index (χ0v) is 14.3. The van der Waals surface area contributed by atoms with E-state index in [9.17, 15) is 24.3 Å². The number of likely N-dealkylation sites (tertiary alicyclic amines) is 1. The lowest BCUT2D eigenvalue weighted by Crippen LogP contribution is -2.55. The highest BCUT2D eigenvalue weighted by Crippen LogP contribution is 2.21. The van der Waals surface area contributed by atoms with Gasteiger partial charge >= 0.3 is 12.1 Å². The van der Waals surface area contributed by atoms with Crippen LogP contribution in [0, 0.1) is 0 Å². The molecule has 0 bridgehead atoms. The van der Waals surface area contributed by atoms with Gasteiger partial charge in [0.1, 0.15) is 17.7 Å². The van der Waals surface area contributed by atoms with Crippen LogP contribution in [-0.2, 0) is 23.9 Å². The first-order chi connectivity index (χ1) is 11.1. The third kappa shape index (κ3) is 5.19. The number of aliphatic hydroxyl groups is 1. The van der Waals surface area contributed by atoms with Crippen LogP contribution >= 0.6 is 0 Å². The number of hydrogen-bond donors (Lipinski definition) is 2. The first kappa shape index (κ1) is 19.9. The van der Waals surface area contributed by atoms with Crippen LogP contribution in [0.1, 0.15) is 40.5 Å². The van der Waals surface area contributed by atoms with E-state index in [-0.39, 0.29) is 19.4 Å². The second-order valence-electron chi connectivity index (χ2n) is 6.29. The molecule has 0 aliphatic carbocycles. The monoisotopic (exact) mass is 344 g/mol. The van der Waals surface area contributed by atoms with Crippen LogP contribution in [0.5, 0.6) is 0 Å². The highest BCUT2D eigenvalue weighted by Gasteiger charge is 2.43. The summed E-state index contributed by atoms with van der Waals surface area (Å²) >= 11 is 0. The van der Waals surface area contributed by atoms with Crippen molar-refractivity contribution in [3.63, 3.8) is 0 Å². The van der Waals surface area contributed by atoms with Crippen molar-refractivity contribution in [2.45, 2.75) is 58.2 Å². The van der Waals surface area contributed by atoms with Crippen LogP contribution in [0.15, 0.2) is 0 Å². The largest absolute Gasteiger partial charge is 0.464 e. The SMILES string of the molecule is CCOC(=O)[C@@H]1CCC(=O)N1C(=O)[C@H](CO)NC(=O)OC(C)(C)C. The van der Waals surface area contributed by atoms with Gasteiger partial charge in [-0.1, -0.05) is 0 Å². The van der Waals surface area contributed by atoms with Crippen molar-refractivity contribution in [1.82, 2.24) is 10.2 Å². The van der Waals surface area contributed by atoms with Crippen LogP contribution in [0.4, 0.5) is 4.79 Å². The highest BCUT2D eigenvalue weighted by atomic mass is 16.6. The number of nitrogens with one attached hydrogen (secondary N) is 1. The van der Waals surface area contributed by atoms with Gasteiger partial charge in [-0.15, -0.1) is 0 Å². The fourth-order valence-electron chi connectivity index (χ4n) is 2.22. The van der Waals surface area contributed by atoms with Gasteiger partial charge in [0.05, 0.1) is 13.2 Å². The molecule has 24 heavy (non-hydrogen) atoms. The van der Waals surface area contributed by atoms with Crippen molar-refractivity contribution in [2.24, 2.45) is 0 Å². The summed E-state index contributed by atoms with van der Waals surface area (Å²) in [6.45, 7) is 5.92. The molecule has 9 heteroatoms. The zero-order valence-electron chi connectivity index (χ0n) is 14.3. The number of carbonyl (C=O) groups is 4. The van der Waals surface area contributed by atoms with Crippen LogP contribution in [0.2, 0.25) is 0 Å². The van der Waals surface area contributed by atoms with Gasteiger partial charge in [0, 0.05) is 6.42 Å². The lowest BCUT2D eigenvalue weighted by atomic mass is 10.2. The van der Waals surface area contributed by atoms with Crippen LogP contribution in [0.3, 0.4) is 0 Å². The molecule has 1 saturated heterocycles. The maximum Gasteiger partial charge on any atom is 0.408 e. The molecule has 0 aromatic rings. The van der Waals surface area contributed by atoms with Crippen molar-refractivity contribution in [1.29, 1.82) is 0 Å². The fraction of sp³-hybridized carbons (Fsp3) is 0.733.